The fraction of sp³-hybridized carbons (Fsp3) is 0.118. The predicted molar refractivity (Wildman–Crippen MR) is 103 cm³/mol. The summed E-state index contributed by atoms with van der Waals surface area (Å²) < 4.78 is 34.9. The molecule has 2 aromatic heterocycles. The monoisotopic (exact) mass is 401 g/mol. The Kier molecular flexibility index (Phi) is 4.28. The number of anilines is 1. The van der Waals surface area contributed by atoms with Gasteiger partial charge in [-0.25, -0.2) is 8.42 Å². The summed E-state index contributed by atoms with van der Waals surface area (Å²) in [6.45, 7) is 1.90. The van der Waals surface area contributed by atoms with Crippen molar-refractivity contribution in [3.05, 3.63) is 54.4 Å². The maximum absolute atomic E-state index is 12.7. The van der Waals surface area contributed by atoms with Gasteiger partial charge in [0.25, 0.3) is 10.0 Å². The summed E-state index contributed by atoms with van der Waals surface area (Å²) in [6.07, 6.45) is 1.51. The first-order chi connectivity index (χ1) is 13.0. The third kappa shape index (κ3) is 3.36. The Labute approximate surface area is 159 Å². The number of nitrogens with one attached hydrogen (secondary N) is 1. The number of nitrogens with zero attached hydrogens (tertiary/aromatic N) is 4. The number of hydrogen-bond acceptors (Lipinski definition) is 7. The van der Waals surface area contributed by atoms with E-state index in [1.807, 2.05) is 13.0 Å². The molecular formula is C17H15N5O3S2. The van der Waals surface area contributed by atoms with Crippen LogP contribution in [0.4, 0.5) is 5.69 Å². The van der Waals surface area contributed by atoms with Gasteiger partial charge in [-0.2, -0.15) is 9.61 Å². The summed E-state index contributed by atoms with van der Waals surface area (Å²) in [5, 5.41) is 12.8. The molecule has 138 valence electrons. The lowest BCUT2D eigenvalue weighted by Crippen LogP contribution is -2.13. The van der Waals surface area contributed by atoms with Gasteiger partial charge < -0.3 is 4.74 Å². The molecule has 0 atom stereocenters. The minimum Gasteiger partial charge on any atom is -0.495 e. The van der Waals surface area contributed by atoms with Gasteiger partial charge >= 0.3 is 0 Å². The lowest BCUT2D eigenvalue weighted by Gasteiger charge is -2.13. The minimum absolute atomic E-state index is 0.180. The van der Waals surface area contributed by atoms with Gasteiger partial charge in [-0.1, -0.05) is 29.0 Å². The smallest absolute Gasteiger partial charge is 0.262 e. The largest absolute Gasteiger partial charge is 0.495 e. The standard InChI is InChI=1S/C17H15N5O3S2/c1-11-3-6-13(7-4-11)27(23,24)21-14-9-12(5-8-15(14)25-2)16-20-22-10-18-19-17(22)26-16/h3-10,21H,1-2H3. The Morgan fingerprint density at radius 1 is 1.15 bits per heavy atom. The number of fused-ring (bicyclic) bond motifs is 1. The van der Waals surface area contributed by atoms with Crippen molar-refractivity contribution in [2.75, 3.05) is 11.8 Å². The van der Waals surface area contributed by atoms with Gasteiger partial charge in [-0.15, -0.1) is 10.2 Å². The van der Waals surface area contributed by atoms with E-state index in [-0.39, 0.29) is 4.90 Å². The molecule has 2 aromatic carbocycles. The van der Waals surface area contributed by atoms with E-state index in [0.717, 1.165) is 11.1 Å². The van der Waals surface area contributed by atoms with E-state index in [0.29, 0.717) is 21.4 Å². The van der Waals surface area contributed by atoms with Gasteiger partial charge in [-0.3, -0.25) is 4.72 Å². The molecule has 8 nitrogen and oxygen atoms in total. The third-order valence-electron chi connectivity index (χ3n) is 3.91. The topological polar surface area (TPSA) is 98.5 Å². The molecule has 10 heteroatoms. The number of methoxy groups -OCH3 is 1. The second-order valence-electron chi connectivity index (χ2n) is 5.80. The summed E-state index contributed by atoms with van der Waals surface area (Å²) in [5.41, 5.74) is 2.06. The van der Waals surface area contributed by atoms with Gasteiger partial charge in [0.05, 0.1) is 17.7 Å². The highest BCUT2D eigenvalue weighted by Crippen LogP contribution is 2.33. The Morgan fingerprint density at radius 2 is 1.93 bits per heavy atom. The van der Waals surface area contributed by atoms with Crippen molar-refractivity contribution in [1.82, 2.24) is 19.8 Å². The number of aromatic nitrogens is 4. The van der Waals surface area contributed by atoms with Crippen LogP contribution in [0.15, 0.2) is 53.7 Å². The lowest BCUT2D eigenvalue weighted by atomic mass is 10.2. The fourth-order valence-electron chi connectivity index (χ4n) is 2.52. The zero-order valence-corrected chi connectivity index (χ0v) is 16.1. The Morgan fingerprint density at radius 3 is 2.63 bits per heavy atom. The fourth-order valence-corrected chi connectivity index (χ4v) is 4.40. The summed E-state index contributed by atoms with van der Waals surface area (Å²) >= 11 is 1.36. The molecule has 0 saturated carbocycles. The molecular weight excluding hydrogens is 386 g/mol. The quantitative estimate of drug-likeness (QED) is 0.552. The van der Waals surface area contributed by atoms with Crippen LogP contribution in [0, 0.1) is 6.92 Å². The minimum atomic E-state index is -3.75. The van der Waals surface area contributed by atoms with Crippen LogP contribution in [0.3, 0.4) is 0 Å². The van der Waals surface area contributed by atoms with Crippen LogP contribution in [0.1, 0.15) is 5.56 Å². The van der Waals surface area contributed by atoms with E-state index in [9.17, 15) is 8.42 Å². The highest BCUT2D eigenvalue weighted by atomic mass is 32.2. The first-order valence-corrected chi connectivity index (χ1v) is 10.2. The average Bonchev–Trinajstić information content (AvgIpc) is 3.23. The van der Waals surface area contributed by atoms with Crippen LogP contribution in [0.2, 0.25) is 0 Å². The van der Waals surface area contributed by atoms with Crippen LogP contribution in [-0.4, -0.2) is 35.3 Å². The Bertz CT molecular complexity index is 1180. The number of sulfonamides is 1. The molecule has 4 rings (SSSR count). The van der Waals surface area contributed by atoms with E-state index in [1.54, 1.807) is 40.9 Å². The highest BCUT2D eigenvalue weighted by Gasteiger charge is 2.18. The number of aryl methyl sites for hydroxylation is 1. The molecule has 0 fully saturated rings. The highest BCUT2D eigenvalue weighted by molar-refractivity contribution is 7.92. The van der Waals surface area contributed by atoms with Gasteiger partial charge in [0.15, 0.2) is 0 Å². The summed E-state index contributed by atoms with van der Waals surface area (Å²) in [7, 11) is -2.26. The van der Waals surface area contributed by atoms with Crippen LogP contribution < -0.4 is 9.46 Å². The Balaban J connectivity index is 1.72. The molecule has 4 aromatic rings. The van der Waals surface area contributed by atoms with E-state index >= 15 is 0 Å². The summed E-state index contributed by atoms with van der Waals surface area (Å²) in [5.74, 6) is 0.414. The van der Waals surface area contributed by atoms with E-state index in [4.69, 9.17) is 4.74 Å². The third-order valence-corrected chi connectivity index (χ3v) is 6.25. The second kappa shape index (κ2) is 6.63. The molecule has 0 bridgehead atoms. The molecule has 0 saturated heterocycles. The van der Waals surface area contributed by atoms with Gasteiger partial charge in [0.2, 0.25) is 4.96 Å². The normalized spacial score (nSPS) is 11.6. The molecule has 0 aliphatic heterocycles. The van der Waals surface area contributed by atoms with Crippen LogP contribution in [0.25, 0.3) is 15.5 Å². The van der Waals surface area contributed by atoms with Gasteiger partial charge in [0.1, 0.15) is 17.1 Å². The number of ether oxygens (including phenoxy) is 1. The lowest BCUT2D eigenvalue weighted by molar-refractivity contribution is 0.417. The van der Waals surface area contributed by atoms with Crippen molar-refractivity contribution < 1.29 is 13.2 Å². The number of rotatable bonds is 5. The van der Waals surface area contributed by atoms with Crippen molar-refractivity contribution in [1.29, 1.82) is 0 Å². The molecule has 0 aliphatic carbocycles. The zero-order valence-electron chi connectivity index (χ0n) is 14.4. The number of benzene rings is 2. The van der Waals surface area contributed by atoms with Crippen LogP contribution in [-0.2, 0) is 10.0 Å². The number of hydrogen-bond donors (Lipinski definition) is 1. The molecule has 0 spiro atoms. The summed E-state index contributed by atoms with van der Waals surface area (Å²) in [6, 6.07) is 11.8. The molecule has 0 amide bonds. The molecule has 0 unspecified atom stereocenters. The van der Waals surface area contributed by atoms with E-state index in [1.165, 1.54) is 24.8 Å². The maximum atomic E-state index is 12.7. The second-order valence-corrected chi connectivity index (χ2v) is 8.44. The van der Waals surface area contributed by atoms with E-state index in [2.05, 4.69) is 20.0 Å². The zero-order chi connectivity index (χ0) is 19.0. The van der Waals surface area contributed by atoms with Crippen LogP contribution >= 0.6 is 11.3 Å². The maximum Gasteiger partial charge on any atom is 0.262 e. The molecule has 0 aliphatic rings. The van der Waals surface area contributed by atoms with Crippen molar-refractivity contribution in [3.8, 4) is 16.3 Å². The first kappa shape index (κ1) is 17.4. The SMILES string of the molecule is COc1ccc(-c2nn3cnnc3s2)cc1NS(=O)(=O)c1ccc(C)cc1. The summed E-state index contributed by atoms with van der Waals surface area (Å²) in [4.78, 5) is 0.835. The van der Waals surface area contributed by atoms with Crippen molar-refractivity contribution in [2.45, 2.75) is 11.8 Å². The van der Waals surface area contributed by atoms with Crippen molar-refractivity contribution in [3.63, 3.8) is 0 Å². The molecule has 0 radical (unpaired) electrons. The molecule has 2 heterocycles. The van der Waals surface area contributed by atoms with Crippen molar-refractivity contribution >= 4 is 32.0 Å². The van der Waals surface area contributed by atoms with Gasteiger partial charge in [0, 0.05) is 5.56 Å². The van der Waals surface area contributed by atoms with E-state index < -0.39 is 10.0 Å². The van der Waals surface area contributed by atoms with Gasteiger partial charge in [-0.05, 0) is 37.3 Å². The average molecular weight is 401 g/mol. The molecule has 1 N–H and O–H groups in total. The van der Waals surface area contributed by atoms with Crippen molar-refractivity contribution in [2.24, 2.45) is 0 Å². The first-order valence-electron chi connectivity index (χ1n) is 7.91. The predicted octanol–water partition coefficient (Wildman–Crippen LogP) is 2.97. The Hall–Kier alpha value is -2.98. The molecule has 27 heavy (non-hydrogen) atoms. The van der Waals surface area contributed by atoms with Crippen LogP contribution in [0.5, 0.6) is 5.75 Å².